The number of hydrogen-bond acceptors (Lipinski definition) is 4. The van der Waals surface area contributed by atoms with Gasteiger partial charge in [-0.2, -0.15) is 0 Å². The SMILES string of the molecule is CCCCn1c(CN(Cc2ccc3c(c2)OCO3)Cc2ccc(C)cc2C)cnc1-c1ccccc1. The van der Waals surface area contributed by atoms with Gasteiger partial charge in [-0.3, -0.25) is 4.90 Å². The van der Waals surface area contributed by atoms with Gasteiger partial charge in [-0.15, -0.1) is 0 Å². The summed E-state index contributed by atoms with van der Waals surface area (Å²) in [6.07, 6.45) is 4.34. The third kappa shape index (κ3) is 5.47. The van der Waals surface area contributed by atoms with E-state index in [0.29, 0.717) is 6.79 Å². The Bertz CT molecular complexity index is 1310. The molecule has 0 fully saturated rings. The van der Waals surface area contributed by atoms with Gasteiger partial charge in [-0.25, -0.2) is 4.98 Å². The molecule has 1 aliphatic rings. The van der Waals surface area contributed by atoms with Crippen molar-refractivity contribution < 1.29 is 9.47 Å². The summed E-state index contributed by atoms with van der Waals surface area (Å²) in [5.74, 6) is 2.71. The maximum absolute atomic E-state index is 5.65. The summed E-state index contributed by atoms with van der Waals surface area (Å²) in [7, 11) is 0. The van der Waals surface area contributed by atoms with Gasteiger partial charge in [0.1, 0.15) is 5.82 Å². The first-order valence-corrected chi connectivity index (χ1v) is 12.9. The first-order chi connectivity index (χ1) is 17.6. The molecule has 0 unspecified atom stereocenters. The number of imidazole rings is 1. The second kappa shape index (κ2) is 11.0. The molecule has 0 N–H and O–H groups in total. The number of ether oxygens (including phenoxy) is 2. The lowest BCUT2D eigenvalue weighted by molar-refractivity contribution is 0.174. The van der Waals surface area contributed by atoms with Crippen molar-refractivity contribution in [2.24, 2.45) is 0 Å². The summed E-state index contributed by atoms with van der Waals surface area (Å²) >= 11 is 0. The molecule has 4 aromatic rings. The van der Waals surface area contributed by atoms with Crippen LogP contribution in [-0.4, -0.2) is 21.2 Å². The number of fused-ring (bicyclic) bond motifs is 1. The van der Waals surface area contributed by atoms with Crippen molar-refractivity contribution in [3.63, 3.8) is 0 Å². The lowest BCUT2D eigenvalue weighted by Crippen LogP contribution is -2.24. The highest BCUT2D eigenvalue weighted by atomic mass is 16.7. The molecule has 2 heterocycles. The molecular formula is C31H35N3O2. The average Bonchev–Trinajstić information content (AvgIpc) is 3.51. The molecule has 186 valence electrons. The smallest absolute Gasteiger partial charge is 0.231 e. The fourth-order valence-electron chi connectivity index (χ4n) is 4.88. The monoisotopic (exact) mass is 481 g/mol. The molecule has 5 nitrogen and oxygen atoms in total. The Labute approximate surface area is 214 Å². The van der Waals surface area contributed by atoms with E-state index in [1.807, 2.05) is 6.07 Å². The molecule has 1 aromatic heterocycles. The van der Waals surface area contributed by atoms with E-state index in [9.17, 15) is 0 Å². The van der Waals surface area contributed by atoms with Crippen molar-refractivity contribution in [3.05, 3.63) is 101 Å². The predicted octanol–water partition coefficient (Wildman–Crippen LogP) is 6.90. The van der Waals surface area contributed by atoms with Crippen molar-refractivity contribution in [2.45, 2.75) is 59.8 Å². The Kier molecular flexibility index (Phi) is 7.38. The maximum Gasteiger partial charge on any atom is 0.231 e. The summed E-state index contributed by atoms with van der Waals surface area (Å²) in [5, 5.41) is 0. The van der Waals surface area contributed by atoms with Crippen LogP contribution in [0.15, 0.2) is 72.9 Å². The Morgan fingerprint density at radius 2 is 1.72 bits per heavy atom. The van der Waals surface area contributed by atoms with Gasteiger partial charge in [0, 0.05) is 31.7 Å². The minimum absolute atomic E-state index is 0.296. The molecule has 0 aliphatic carbocycles. The molecule has 36 heavy (non-hydrogen) atoms. The van der Waals surface area contributed by atoms with E-state index in [2.05, 4.69) is 97.1 Å². The van der Waals surface area contributed by atoms with Crippen LogP contribution in [0.1, 0.15) is 47.7 Å². The third-order valence-electron chi connectivity index (χ3n) is 6.83. The van der Waals surface area contributed by atoms with Crippen LogP contribution in [0, 0.1) is 13.8 Å². The highest BCUT2D eigenvalue weighted by Gasteiger charge is 2.18. The standard InChI is InChI=1S/C31H35N3O2/c1-4-5-15-34-28(18-32-31(34)26-9-7-6-8-10-26)21-33(20-27-13-11-23(2)16-24(27)3)19-25-12-14-29-30(17-25)36-22-35-29/h6-14,16-18H,4-5,15,19-22H2,1-3H3. The van der Waals surface area contributed by atoms with Gasteiger partial charge < -0.3 is 14.0 Å². The number of nitrogens with zero attached hydrogens (tertiary/aromatic N) is 3. The van der Waals surface area contributed by atoms with E-state index in [1.165, 1.54) is 27.9 Å². The van der Waals surface area contributed by atoms with Crippen LogP contribution in [-0.2, 0) is 26.2 Å². The molecule has 0 radical (unpaired) electrons. The number of rotatable bonds is 10. The van der Waals surface area contributed by atoms with E-state index in [4.69, 9.17) is 14.5 Å². The Hall–Kier alpha value is -3.57. The van der Waals surface area contributed by atoms with Crippen LogP contribution in [0.4, 0.5) is 0 Å². The Balaban J connectivity index is 1.46. The van der Waals surface area contributed by atoms with Crippen molar-refractivity contribution in [3.8, 4) is 22.9 Å². The van der Waals surface area contributed by atoms with Gasteiger partial charge in [-0.05, 0) is 49.1 Å². The van der Waals surface area contributed by atoms with Gasteiger partial charge in [0.2, 0.25) is 6.79 Å². The molecule has 1 aliphatic heterocycles. The van der Waals surface area contributed by atoms with E-state index < -0.39 is 0 Å². The van der Waals surface area contributed by atoms with Gasteiger partial charge in [0.25, 0.3) is 0 Å². The molecule has 0 atom stereocenters. The van der Waals surface area contributed by atoms with Crippen LogP contribution in [0.25, 0.3) is 11.4 Å². The Morgan fingerprint density at radius 1 is 0.889 bits per heavy atom. The van der Waals surface area contributed by atoms with Gasteiger partial charge in [-0.1, -0.05) is 73.5 Å². The molecule has 0 amide bonds. The van der Waals surface area contributed by atoms with Crippen molar-refractivity contribution in [1.82, 2.24) is 14.5 Å². The number of aromatic nitrogens is 2. The molecule has 5 rings (SSSR count). The summed E-state index contributed by atoms with van der Waals surface area (Å²) in [6.45, 7) is 10.3. The molecular weight excluding hydrogens is 446 g/mol. The largest absolute Gasteiger partial charge is 0.454 e. The highest BCUT2D eigenvalue weighted by molar-refractivity contribution is 5.56. The van der Waals surface area contributed by atoms with Crippen molar-refractivity contribution in [1.29, 1.82) is 0 Å². The van der Waals surface area contributed by atoms with Crippen LogP contribution >= 0.6 is 0 Å². The second-order valence-corrected chi connectivity index (χ2v) is 9.71. The molecule has 3 aromatic carbocycles. The molecule has 0 bridgehead atoms. The van der Waals surface area contributed by atoms with Gasteiger partial charge in [0.15, 0.2) is 11.5 Å². The van der Waals surface area contributed by atoms with Crippen LogP contribution < -0.4 is 9.47 Å². The van der Waals surface area contributed by atoms with E-state index >= 15 is 0 Å². The van der Waals surface area contributed by atoms with Crippen LogP contribution in [0.5, 0.6) is 11.5 Å². The second-order valence-electron chi connectivity index (χ2n) is 9.71. The molecule has 0 saturated carbocycles. The highest BCUT2D eigenvalue weighted by Crippen LogP contribution is 2.33. The van der Waals surface area contributed by atoms with Gasteiger partial charge in [0.05, 0.1) is 11.9 Å². The molecule has 5 heteroatoms. The topological polar surface area (TPSA) is 39.5 Å². The third-order valence-corrected chi connectivity index (χ3v) is 6.83. The maximum atomic E-state index is 5.65. The van der Waals surface area contributed by atoms with E-state index in [-0.39, 0.29) is 0 Å². The molecule has 0 saturated heterocycles. The summed E-state index contributed by atoms with van der Waals surface area (Å²) < 4.78 is 13.6. The number of hydrogen-bond donors (Lipinski definition) is 0. The average molecular weight is 482 g/mol. The summed E-state index contributed by atoms with van der Waals surface area (Å²) in [5.41, 5.74) is 7.60. The van der Waals surface area contributed by atoms with Crippen molar-refractivity contribution in [2.75, 3.05) is 6.79 Å². The zero-order valence-corrected chi connectivity index (χ0v) is 21.5. The number of benzene rings is 3. The first kappa shape index (κ1) is 24.1. The fraction of sp³-hybridized carbons (Fsp3) is 0.323. The minimum Gasteiger partial charge on any atom is -0.454 e. The zero-order valence-electron chi connectivity index (χ0n) is 21.5. The Morgan fingerprint density at radius 3 is 2.53 bits per heavy atom. The molecule has 0 spiro atoms. The lowest BCUT2D eigenvalue weighted by Gasteiger charge is -2.25. The van der Waals surface area contributed by atoms with Crippen molar-refractivity contribution >= 4 is 0 Å². The van der Waals surface area contributed by atoms with E-state index in [0.717, 1.165) is 61.9 Å². The number of unbranched alkanes of at least 4 members (excludes halogenated alkanes) is 1. The van der Waals surface area contributed by atoms with Gasteiger partial charge >= 0.3 is 0 Å². The zero-order chi connectivity index (χ0) is 24.9. The normalized spacial score (nSPS) is 12.4. The van der Waals surface area contributed by atoms with Crippen LogP contribution in [0.3, 0.4) is 0 Å². The first-order valence-electron chi connectivity index (χ1n) is 12.9. The summed E-state index contributed by atoms with van der Waals surface area (Å²) in [4.78, 5) is 7.39. The predicted molar refractivity (Wildman–Crippen MR) is 144 cm³/mol. The minimum atomic E-state index is 0.296. The van der Waals surface area contributed by atoms with E-state index in [1.54, 1.807) is 0 Å². The quantitative estimate of drug-likeness (QED) is 0.247. The fourth-order valence-corrected chi connectivity index (χ4v) is 4.88. The lowest BCUT2D eigenvalue weighted by atomic mass is 10.0. The number of aryl methyl sites for hydroxylation is 2. The summed E-state index contributed by atoms with van der Waals surface area (Å²) in [6, 6.07) is 23.5. The van der Waals surface area contributed by atoms with Crippen LogP contribution in [0.2, 0.25) is 0 Å².